The molecule has 5 N–H and O–H groups in total. The van der Waals surface area contributed by atoms with E-state index in [2.05, 4.69) is 10.3 Å². The third-order valence-corrected chi connectivity index (χ3v) is 5.14. The number of hydrogen-bond acceptors (Lipinski definition) is 5. The molecule has 0 spiro atoms. The van der Waals surface area contributed by atoms with Crippen LogP contribution in [-0.2, 0) is 16.6 Å². The number of nitrogens with zero attached hydrogens (tertiary/aromatic N) is 1. The molecule has 0 aliphatic heterocycles. The summed E-state index contributed by atoms with van der Waals surface area (Å²) in [4.78, 5) is 3.62. The highest BCUT2D eigenvalue weighted by atomic mass is 32.2. The minimum atomic E-state index is -4.22. The first-order valence-electron chi connectivity index (χ1n) is 8.23. The summed E-state index contributed by atoms with van der Waals surface area (Å²) in [5.41, 5.74) is 8.74. The fraction of sp³-hybridized carbons (Fsp3) is 0.105. The van der Waals surface area contributed by atoms with Crippen LogP contribution in [0.3, 0.4) is 0 Å². The average molecular weight is 404 g/mol. The zero-order valence-corrected chi connectivity index (χ0v) is 15.7. The Morgan fingerprint density at radius 2 is 1.71 bits per heavy atom. The molecule has 9 heteroatoms. The first kappa shape index (κ1) is 19.7. The quantitative estimate of drug-likeness (QED) is 0.605. The second-order valence-electron chi connectivity index (χ2n) is 6.18. The van der Waals surface area contributed by atoms with E-state index in [1.807, 2.05) is 30.3 Å². The molecule has 0 unspecified atom stereocenters. The summed E-state index contributed by atoms with van der Waals surface area (Å²) in [5.74, 6) is -2.05. The van der Waals surface area contributed by atoms with Crippen LogP contribution in [0.4, 0.5) is 20.2 Å². The Hall–Kier alpha value is -3.04. The SMILES string of the molecule is Cc1ncc(N)c(NCc2c(F)cc(S(N)(=O)=O)cc2F)c1-c1ccccc1. The maximum atomic E-state index is 14.3. The van der Waals surface area contributed by atoms with Crippen molar-refractivity contribution < 1.29 is 17.2 Å². The van der Waals surface area contributed by atoms with Crippen LogP contribution in [0.1, 0.15) is 11.3 Å². The Kier molecular flexibility index (Phi) is 5.30. The number of aryl methyl sites for hydroxylation is 1. The Morgan fingerprint density at radius 3 is 2.29 bits per heavy atom. The van der Waals surface area contributed by atoms with Crippen LogP contribution in [0, 0.1) is 18.6 Å². The van der Waals surface area contributed by atoms with E-state index in [0.29, 0.717) is 34.8 Å². The first-order valence-corrected chi connectivity index (χ1v) is 9.78. The Bertz CT molecular complexity index is 1110. The molecule has 0 atom stereocenters. The van der Waals surface area contributed by atoms with E-state index in [1.54, 1.807) is 6.92 Å². The van der Waals surface area contributed by atoms with Crippen molar-refractivity contribution in [1.82, 2.24) is 4.98 Å². The molecule has 1 heterocycles. The fourth-order valence-electron chi connectivity index (χ4n) is 2.86. The van der Waals surface area contributed by atoms with Crippen molar-refractivity contribution in [2.24, 2.45) is 5.14 Å². The summed E-state index contributed by atoms with van der Waals surface area (Å²) in [7, 11) is -4.22. The number of hydrogen-bond donors (Lipinski definition) is 3. The van der Waals surface area contributed by atoms with E-state index < -0.39 is 26.6 Å². The molecule has 3 aromatic rings. The molecular formula is C19H18F2N4O2S. The number of sulfonamides is 1. The first-order chi connectivity index (χ1) is 13.2. The molecule has 146 valence electrons. The topological polar surface area (TPSA) is 111 Å². The zero-order valence-electron chi connectivity index (χ0n) is 14.9. The molecule has 0 fully saturated rings. The van der Waals surface area contributed by atoms with E-state index in [-0.39, 0.29) is 12.1 Å². The van der Waals surface area contributed by atoms with Gasteiger partial charge in [0.15, 0.2) is 0 Å². The number of aromatic nitrogens is 1. The van der Waals surface area contributed by atoms with Crippen LogP contribution < -0.4 is 16.2 Å². The van der Waals surface area contributed by atoms with Crippen molar-refractivity contribution >= 4 is 21.4 Å². The third kappa shape index (κ3) is 3.95. The summed E-state index contributed by atoms with van der Waals surface area (Å²) in [5, 5.41) is 7.88. The fourth-order valence-corrected chi connectivity index (χ4v) is 3.39. The van der Waals surface area contributed by atoms with Gasteiger partial charge in [-0.05, 0) is 24.6 Å². The number of nitrogens with two attached hydrogens (primary N) is 2. The summed E-state index contributed by atoms with van der Waals surface area (Å²) in [6.07, 6.45) is 1.46. The number of halogens is 2. The van der Waals surface area contributed by atoms with Gasteiger partial charge >= 0.3 is 0 Å². The van der Waals surface area contributed by atoms with Crippen LogP contribution in [0.25, 0.3) is 11.1 Å². The van der Waals surface area contributed by atoms with Crippen molar-refractivity contribution in [3.05, 3.63) is 71.6 Å². The van der Waals surface area contributed by atoms with Crippen LogP contribution in [0.15, 0.2) is 53.6 Å². The van der Waals surface area contributed by atoms with E-state index in [4.69, 9.17) is 10.9 Å². The molecule has 0 bridgehead atoms. The van der Waals surface area contributed by atoms with E-state index in [1.165, 1.54) is 6.20 Å². The van der Waals surface area contributed by atoms with Crippen LogP contribution in [-0.4, -0.2) is 13.4 Å². The molecule has 3 rings (SSSR count). The van der Waals surface area contributed by atoms with Gasteiger partial charge in [-0.25, -0.2) is 22.3 Å². The molecule has 0 radical (unpaired) electrons. The highest BCUT2D eigenvalue weighted by molar-refractivity contribution is 7.89. The lowest BCUT2D eigenvalue weighted by molar-refractivity contribution is 0.548. The van der Waals surface area contributed by atoms with Crippen molar-refractivity contribution in [3.8, 4) is 11.1 Å². The summed E-state index contributed by atoms with van der Waals surface area (Å²) < 4.78 is 51.2. The molecular weight excluding hydrogens is 386 g/mol. The van der Waals surface area contributed by atoms with Crippen molar-refractivity contribution in [3.63, 3.8) is 0 Å². The van der Waals surface area contributed by atoms with Gasteiger partial charge in [0.25, 0.3) is 0 Å². The van der Waals surface area contributed by atoms with Crippen molar-refractivity contribution in [2.75, 3.05) is 11.1 Å². The Balaban J connectivity index is 2.00. The Labute approximate surface area is 161 Å². The smallest absolute Gasteiger partial charge is 0.238 e. The van der Waals surface area contributed by atoms with E-state index in [0.717, 1.165) is 5.56 Å². The number of nitrogens with one attached hydrogen (secondary N) is 1. The maximum absolute atomic E-state index is 14.3. The lowest BCUT2D eigenvalue weighted by atomic mass is 10.0. The standard InChI is InChI=1S/C19H18F2N4O2S/c1-11-18(12-5-3-2-4-6-12)19(17(22)10-24-11)25-9-14-15(20)7-13(8-16(14)21)28(23,26)27/h2-8,10H,9,22H2,1H3,(H,24,25)(H2,23,26,27). The summed E-state index contributed by atoms with van der Waals surface area (Å²) in [6, 6.07) is 10.7. The highest BCUT2D eigenvalue weighted by Crippen LogP contribution is 2.35. The Morgan fingerprint density at radius 1 is 1.11 bits per heavy atom. The normalized spacial score (nSPS) is 11.4. The second kappa shape index (κ2) is 7.53. The number of pyridine rings is 1. The van der Waals surface area contributed by atoms with Crippen LogP contribution in [0.5, 0.6) is 0 Å². The maximum Gasteiger partial charge on any atom is 0.238 e. The summed E-state index contributed by atoms with van der Waals surface area (Å²) >= 11 is 0. The zero-order chi connectivity index (χ0) is 20.5. The average Bonchev–Trinajstić information content (AvgIpc) is 2.63. The molecule has 0 aliphatic carbocycles. The van der Waals surface area contributed by atoms with Gasteiger partial charge in [-0.3, -0.25) is 4.98 Å². The van der Waals surface area contributed by atoms with Gasteiger partial charge in [0.1, 0.15) is 11.6 Å². The van der Waals surface area contributed by atoms with Crippen LogP contribution in [0.2, 0.25) is 0 Å². The molecule has 2 aromatic carbocycles. The monoisotopic (exact) mass is 404 g/mol. The predicted molar refractivity (Wildman–Crippen MR) is 104 cm³/mol. The number of benzene rings is 2. The van der Waals surface area contributed by atoms with Gasteiger partial charge in [0.2, 0.25) is 10.0 Å². The molecule has 6 nitrogen and oxygen atoms in total. The van der Waals surface area contributed by atoms with Gasteiger partial charge < -0.3 is 11.1 Å². The summed E-state index contributed by atoms with van der Waals surface area (Å²) in [6.45, 7) is 1.55. The van der Waals surface area contributed by atoms with E-state index >= 15 is 0 Å². The molecule has 0 amide bonds. The number of nitrogen functional groups attached to an aromatic ring is 1. The predicted octanol–water partition coefficient (Wildman–Crippen LogP) is 3.18. The highest BCUT2D eigenvalue weighted by Gasteiger charge is 2.18. The molecule has 0 aliphatic rings. The van der Waals surface area contributed by atoms with Gasteiger partial charge in [-0.15, -0.1) is 0 Å². The number of primary sulfonamides is 1. The minimum absolute atomic E-state index is 0.254. The van der Waals surface area contributed by atoms with Crippen LogP contribution >= 0.6 is 0 Å². The largest absolute Gasteiger partial charge is 0.396 e. The third-order valence-electron chi connectivity index (χ3n) is 4.25. The number of rotatable bonds is 5. The van der Waals surface area contributed by atoms with Gasteiger partial charge in [0, 0.05) is 23.4 Å². The molecule has 28 heavy (non-hydrogen) atoms. The lowest BCUT2D eigenvalue weighted by Gasteiger charge is -2.17. The number of anilines is 2. The lowest BCUT2D eigenvalue weighted by Crippen LogP contribution is -2.15. The molecule has 0 saturated carbocycles. The van der Waals surface area contributed by atoms with Gasteiger partial charge in [-0.1, -0.05) is 30.3 Å². The van der Waals surface area contributed by atoms with Crippen molar-refractivity contribution in [2.45, 2.75) is 18.4 Å². The van der Waals surface area contributed by atoms with E-state index in [9.17, 15) is 17.2 Å². The van der Waals surface area contributed by atoms with Gasteiger partial charge in [0.05, 0.1) is 22.5 Å². The molecule has 0 saturated heterocycles. The molecule has 1 aromatic heterocycles. The minimum Gasteiger partial charge on any atom is -0.396 e. The van der Waals surface area contributed by atoms with Gasteiger partial charge in [-0.2, -0.15) is 0 Å². The second-order valence-corrected chi connectivity index (χ2v) is 7.74. The van der Waals surface area contributed by atoms with Crippen molar-refractivity contribution in [1.29, 1.82) is 0 Å².